The first kappa shape index (κ1) is 17.7. The number of para-hydroxylation sites is 2. The lowest BCUT2D eigenvalue weighted by atomic mass is 10.2. The first-order chi connectivity index (χ1) is 12.6. The van der Waals surface area contributed by atoms with E-state index in [1.165, 1.54) is 4.57 Å². The quantitative estimate of drug-likeness (QED) is 0.703. The molecule has 0 aliphatic carbocycles. The standard InChI is InChI=1S/C19H22N4O3/c1-3-10-22-15-6-4-5-7-16(15)23(19(22)25)13-17(24)21-12-14-8-9-20-18(11-14)26-2/h4-9,11H,3,10,12-13H2,1-2H3,(H,21,24). The van der Waals surface area contributed by atoms with Gasteiger partial charge in [0, 0.05) is 25.4 Å². The molecule has 7 heteroatoms. The van der Waals surface area contributed by atoms with Gasteiger partial charge in [-0.2, -0.15) is 0 Å². The van der Waals surface area contributed by atoms with E-state index in [1.807, 2.05) is 37.3 Å². The van der Waals surface area contributed by atoms with Crippen LogP contribution in [0.1, 0.15) is 18.9 Å². The molecule has 0 spiro atoms. The summed E-state index contributed by atoms with van der Waals surface area (Å²) in [6.07, 6.45) is 2.48. The molecule has 3 rings (SSSR count). The summed E-state index contributed by atoms with van der Waals surface area (Å²) < 4.78 is 8.31. The Balaban J connectivity index is 1.77. The summed E-state index contributed by atoms with van der Waals surface area (Å²) in [6, 6.07) is 11.1. The molecule has 0 aliphatic rings. The summed E-state index contributed by atoms with van der Waals surface area (Å²) in [7, 11) is 1.54. The summed E-state index contributed by atoms with van der Waals surface area (Å²) in [5.74, 6) is 0.276. The van der Waals surface area contributed by atoms with Crippen molar-refractivity contribution in [3.63, 3.8) is 0 Å². The number of nitrogens with one attached hydrogen (secondary N) is 1. The van der Waals surface area contributed by atoms with Crippen LogP contribution in [0.2, 0.25) is 0 Å². The lowest BCUT2D eigenvalue weighted by Crippen LogP contribution is -2.32. The normalized spacial score (nSPS) is 10.8. The van der Waals surface area contributed by atoms with E-state index in [0.717, 1.165) is 23.0 Å². The monoisotopic (exact) mass is 354 g/mol. The maximum absolute atomic E-state index is 12.7. The molecule has 2 aromatic heterocycles. The van der Waals surface area contributed by atoms with Gasteiger partial charge in [0.2, 0.25) is 11.8 Å². The van der Waals surface area contributed by atoms with Gasteiger partial charge >= 0.3 is 5.69 Å². The number of ether oxygens (including phenoxy) is 1. The van der Waals surface area contributed by atoms with Gasteiger partial charge in [-0.05, 0) is 30.2 Å². The van der Waals surface area contributed by atoms with E-state index in [9.17, 15) is 9.59 Å². The number of aryl methyl sites for hydroxylation is 1. The summed E-state index contributed by atoms with van der Waals surface area (Å²) in [5, 5.41) is 2.84. The summed E-state index contributed by atoms with van der Waals surface area (Å²) in [5.41, 5.74) is 2.34. The van der Waals surface area contributed by atoms with E-state index in [4.69, 9.17) is 4.74 Å². The molecule has 7 nitrogen and oxygen atoms in total. The molecule has 3 aromatic rings. The first-order valence-electron chi connectivity index (χ1n) is 8.57. The number of carbonyl (C=O) groups is 1. The van der Waals surface area contributed by atoms with Crippen LogP contribution < -0.4 is 15.7 Å². The van der Waals surface area contributed by atoms with Crippen molar-refractivity contribution < 1.29 is 9.53 Å². The molecule has 0 saturated heterocycles. The number of rotatable bonds is 7. The van der Waals surface area contributed by atoms with E-state index >= 15 is 0 Å². The molecule has 26 heavy (non-hydrogen) atoms. The van der Waals surface area contributed by atoms with Gasteiger partial charge in [0.05, 0.1) is 18.1 Å². The van der Waals surface area contributed by atoms with E-state index in [-0.39, 0.29) is 18.1 Å². The predicted molar refractivity (Wildman–Crippen MR) is 99.1 cm³/mol. The van der Waals surface area contributed by atoms with Crippen LogP contribution in [-0.4, -0.2) is 27.1 Å². The Morgan fingerprint density at radius 1 is 1.19 bits per heavy atom. The van der Waals surface area contributed by atoms with Crippen molar-refractivity contribution in [3.8, 4) is 5.88 Å². The highest BCUT2D eigenvalue weighted by Crippen LogP contribution is 2.13. The highest BCUT2D eigenvalue weighted by molar-refractivity contribution is 5.80. The van der Waals surface area contributed by atoms with E-state index in [1.54, 1.807) is 23.9 Å². The second-order valence-corrected chi connectivity index (χ2v) is 5.99. The third kappa shape index (κ3) is 3.61. The van der Waals surface area contributed by atoms with Gasteiger partial charge < -0.3 is 10.1 Å². The van der Waals surface area contributed by atoms with Crippen molar-refractivity contribution in [2.45, 2.75) is 33.0 Å². The van der Waals surface area contributed by atoms with Crippen molar-refractivity contribution in [3.05, 3.63) is 58.6 Å². The number of nitrogens with zero attached hydrogens (tertiary/aromatic N) is 3. The van der Waals surface area contributed by atoms with Crippen molar-refractivity contribution in [2.24, 2.45) is 0 Å². The number of carbonyl (C=O) groups excluding carboxylic acids is 1. The predicted octanol–water partition coefficient (Wildman–Crippen LogP) is 1.93. The van der Waals surface area contributed by atoms with Crippen LogP contribution in [0.15, 0.2) is 47.4 Å². The van der Waals surface area contributed by atoms with Crippen molar-refractivity contribution in [1.82, 2.24) is 19.4 Å². The molecule has 136 valence electrons. The van der Waals surface area contributed by atoms with Gasteiger partial charge in [0.15, 0.2) is 0 Å². The molecule has 1 amide bonds. The molecule has 0 aliphatic heterocycles. The number of aromatic nitrogens is 3. The lowest BCUT2D eigenvalue weighted by molar-refractivity contribution is -0.121. The van der Waals surface area contributed by atoms with Crippen LogP contribution >= 0.6 is 0 Å². The van der Waals surface area contributed by atoms with Gasteiger partial charge in [-0.25, -0.2) is 9.78 Å². The third-order valence-electron chi connectivity index (χ3n) is 4.17. The first-order valence-corrected chi connectivity index (χ1v) is 8.57. The highest BCUT2D eigenvalue weighted by Gasteiger charge is 2.14. The number of hydrogen-bond donors (Lipinski definition) is 1. The zero-order valence-corrected chi connectivity index (χ0v) is 14.9. The van der Waals surface area contributed by atoms with E-state index < -0.39 is 0 Å². The average Bonchev–Trinajstić information content (AvgIpc) is 2.93. The Kier molecular flexibility index (Phi) is 5.36. The third-order valence-corrected chi connectivity index (χ3v) is 4.17. The Bertz CT molecular complexity index is 974. The van der Waals surface area contributed by atoms with Crippen molar-refractivity contribution in [2.75, 3.05) is 7.11 Å². The SMILES string of the molecule is CCCn1c(=O)n(CC(=O)NCc2ccnc(OC)c2)c2ccccc21. The largest absolute Gasteiger partial charge is 0.481 e. The van der Waals surface area contributed by atoms with Crippen molar-refractivity contribution >= 4 is 16.9 Å². The topological polar surface area (TPSA) is 78.2 Å². The minimum atomic E-state index is -0.220. The summed E-state index contributed by atoms with van der Waals surface area (Å²) in [6.45, 7) is 2.98. The highest BCUT2D eigenvalue weighted by atomic mass is 16.5. The second-order valence-electron chi connectivity index (χ2n) is 5.99. The minimum absolute atomic E-state index is 0.0156. The fraction of sp³-hybridized carbons (Fsp3) is 0.316. The molecule has 0 unspecified atom stereocenters. The molecule has 2 heterocycles. The molecular formula is C19H22N4O3. The summed E-state index contributed by atoms with van der Waals surface area (Å²) >= 11 is 0. The molecule has 1 aromatic carbocycles. The number of imidazole rings is 1. The maximum atomic E-state index is 12.7. The van der Waals surface area contributed by atoms with E-state index in [0.29, 0.717) is 19.0 Å². The van der Waals surface area contributed by atoms with Crippen LogP contribution in [0.5, 0.6) is 5.88 Å². The Labute approximate surface area is 151 Å². The van der Waals surface area contributed by atoms with Crippen molar-refractivity contribution in [1.29, 1.82) is 0 Å². The number of fused-ring (bicyclic) bond motifs is 1. The Hall–Kier alpha value is -3.09. The van der Waals surface area contributed by atoms with Gasteiger partial charge in [-0.15, -0.1) is 0 Å². The molecule has 0 bridgehead atoms. The minimum Gasteiger partial charge on any atom is -0.481 e. The molecular weight excluding hydrogens is 332 g/mol. The summed E-state index contributed by atoms with van der Waals surface area (Å²) in [4.78, 5) is 29.1. The van der Waals surface area contributed by atoms with Gasteiger partial charge in [0.25, 0.3) is 0 Å². The van der Waals surface area contributed by atoms with Gasteiger partial charge in [-0.1, -0.05) is 19.1 Å². The number of amides is 1. The van der Waals surface area contributed by atoms with Crippen LogP contribution in [-0.2, 0) is 24.4 Å². The van der Waals surface area contributed by atoms with Crippen LogP contribution in [0, 0.1) is 0 Å². The number of methoxy groups -OCH3 is 1. The number of benzene rings is 1. The Morgan fingerprint density at radius 2 is 1.92 bits per heavy atom. The lowest BCUT2D eigenvalue weighted by Gasteiger charge is -2.07. The Morgan fingerprint density at radius 3 is 2.62 bits per heavy atom. The molecule has 1 N–H and O–H groups in total. The van der Waals surface area contributed by atoms with Crippen LogP contribution in [0.25, 0.3) is 11.0 Å². The molecule has 0 atom stereocenters. The fourth-order valence-corrected chi connectivity index (χ4v) is 2.94. The average molecular weight is 354 g/mol. The molecule has 0 radical (unpaired) electrons. The smallest absolute Gasteiger partial charge is 0.329 e. The fourth-order valence-electron chi connectivity index (χ4n) is 2.94. The zero-order chi connectivity index (χ0) is 18.5. The maximum Gasteiger partial charge on any atom is 0.329 e. The zero-order valence-electron chi connectivity index (χ0n) is 14.9. The number of pyridine rings is 1. The second kappa shape index (κ2) is 7.86. The number of hydrogen-bond acceptors (Lipinski definition) is 4. The molecule has 0 saturated carbocycles. The van der Waals surface area contributed by atoms with Crippen LogP contribution in [0.4, 0.5) is 0 Å². The van der Waals surface area contributed by atoms with Gasteiger partial charge in [0.1, 0.15) is 6.54 Å². The van der Waals surface area contributed by atoms with Crippen LogP contribution in [0.3, 0.4) is 0 Å². The molecule has 0 fully saturated rings. The van der Waals surface area contributed by atoms with Gasteiger partial charge in [-0.3, -0.25) is 13.9 Å². The van der Waals surface area contributed by atoms with E-state index in [2.05, 4.69) is 10.3 Å².